The van der Waals surface area contributed by atoms with E-state index < -0.39 is 0 Å². The number of likely N-dealkylation sites (N-methyl/N-ethyl adjacent to an activating group) is 2. The molecule has 1 aromatic heterocycles. The molecule has 0 radical (unpaired) electrons. The fourth-order valence-corrected chi connectivity index (χ4v) is 1.81. The average molecular weight is 239 g/mol. The van der Waals surface area contributed by atoms with Crippen LogP contribution in [0, 0.1) is 0 Å². The van der Waals surface area contributed by atoms with Crippen LogP contribution < -0.4 is 11.1 Å². The van der Waals surface area contributed by atoms with E-state index in [1.54, 1.807) is 17.9 Å². The lowest BCUT2D eigenvalue weighted by Crippen LogP contribution is -2.40. The Morgan fingerprint density at radius 3 is 2.82 bits per heavy atom. The van der Waals surface area contributed by atoms with Gasteiger partial charge in [0.15, 0.2) is 0 Å². The van der Waals surface area contributed by atoms with E-state index in [0.717, 1.165) is 12.1 Å². The third-order valence-electron chi connectivity index (χ3n) is 2.81. The summed E-state index contributed by atoms with van der Waals surface area (Å²) in [5, 5.41) is 6.76. The lowest BCUT2D eigenvalue weighted by molar-refractivity contribution is -0.122. The van der Waals surface area contributed by atoms with Crippen LogP contribution in [0.4, 0.5) is 0 Å². The Hall–Kier alpha value is -1.40. The molecule has 6 nitrogen and oxygen atoms in total. The van der Waals surface area contributed by atoms with Crippen LogP contribution in [0.5, 0.6) is 0 Å². The van der Waals surface area contributed by atoms with Crippen molar-refractivity contribution in [1.82, 2.24) is 20.0 Å². The van der Waals surface area contributed by atoms with E-state index in [9.17, 15) is 4.79 Å². The van der Waals surface area contributed by atoms with Gasteiger partial charge in [-0.05, 0) is 6.54 Å². The summed E-state index contributed by atoms with van der Waals surface area (Å²) in [5.74, 6) is -0.00538. The maximum absolute atomic E-state index is 11.4. The lowest BCUT2D eigenvalue weighted by atomic mass is 10.1. The maximum atomic E-state index is 11.4. The smallest absolute Gasteiger partial charge is 0.233 e. The van der Waals surface area contributed by atoms with Crippen molar-refractivity contribution in [3.05, 3.63) is 18.0 Å². The summed E-state index contributed by atoms with van der Waals surface area (Å²) < 4.78 is 1.74. The topological polar surface area (TPSA) is 76.2 Å². The summed E-state index contributed by atoms with van der Waals surface area (Å²) in [7, 11) is 3.50. The molecule has 0 aliphatic rings. The minimum absolute atomic E-state index is 0.00538. The minimum atomic E-state index is -0.00538. The molecular weight excluding hydrogens is 218 g/mol. The van der Waals surface area contributed by atoms with Crippen molar-refractivity contribution in [3.63, 3.8) is 0 Å². The molecule has 0 saturated carbocycles. The van der Waals surface area contributed by atoms with Crippen LogP contribution in [0.1, 0.15) is 18.5 Å². The Morgan fingerprint density at radius 2 is 2.41 bits per heavy atom. The van der Waals surface area contributed by atoms with Crippen LogP contribution in [0.3, 0.4) is 0 Å². The van der Waals surface area contributed by atoms with Gasteiger partial charge in [0.2, 0.25) is 5.91 Å². The van der Waals surface area contributed by atoms with Gasteiger partial charge in [0, 0.05) is 32.4 Å². The molecule has 0 aliphatic heterocycles. The first-order chi connectivity index (χ1) is 8.12. The lowest BCUT2D eigenvalue weighted by Gasteiger charge is -2.28. The van der Waals surface area contributed by atoms with Gasteiger partial charge in [-0.3, -0.25) is 14.4 Å². The number of rotatable bonds is 6. The number of hydrogen-bond donors (Lipinski definition) is 2. The molecule has 0 aliphatic carbocycles. The highest BCUT2D eigenvalue weighted by atomic mass is 16.1. The quantitative estimate of drug-likeness (QED) is 0.701. The molecule has 1 unspecified atom stereocenters. The van der Waals surface area contributed by atoms with Gasteiger partial charge in [-0.15, -0.1) is 0 Å². The first-order valence-corrected chi connectivity index (χ1v) is 5.75. The van der Waals surface area contributed by atoms with Gasteiger partial charge in [0.25, 0.3) is 0 Å². The Bertz CT molecular complexity index is 362. The van der Waals surface area contributed by atoms with Gasteiger partial charge in [-0.1, -0.05) is 6.92 Å². The van der Waals surface area contributed by atoms with Gasteiger partial charge in [0.1, 0.15) is 0 Å². The van der Waals surface area contributed by atoms with Gasteiger partial charge in [-0.2, -0.15) is 5.10 Å². The summed E-state index contributed by atoms with van der Waals surface area (Å²) in [4.78, 5) is 13.5. The van der Waals surface area contributed by atoms with Crippen molar-refractivity contribution in [2.24, 2.45) is 12.8 Å². The van der Waals surface area contributed by atoms with Gasteiger partial charge in [-0.25, -0.2) is 0 Å². The zero-order valence-electron chi connectivity index (χ0n) is 10.7. The van der Waals surface area contributed by atoms with Crippen molar-refractivity contribution in [3.8, 4) is 0 Å². The van der Waals surface area contributed by atoms with Crippen LogP contribution in [-0.2, 0) is 11.8 Å². The number of hydrogen-bond acceptors (Lipinski definition) is 4. The number of aryl methyl sites for hydroxylation is 1. The standard InChI is InChI=1S/C11H21N5O/c1-4-16(8-11(17)13-2)10(5-12)9-6-14-15(3)7-9/h6-7,10H,4-5,8,12H2,1-3H3,(H,13,17). The molecule has 6 heteroatoms. The van der Waals surface area contributed by atoms with Crippen molar-refractivity contribution < 1.29 is 4.79 Å². The van der Waals surface area contributed by atoms with Crippen LogP contribution >= 0.6 is 0 Å². The van der Waals surface area contributed by atoms with Gasteiger partial charge >= 0.3 is 0 Å². The van der Waals surface area contributed by atoms with E-state index in [1.165, 1.54) is 0 Å². The van der Waals surface area contributed by atoms with Crippen LogP contribution in [0.15, 0.2) is 12.4 Å². The predicted octanol–water partition coefficient (Wildman–Crippen LogP) is -0.512. The van der Waals surface area contributed by atoms with Crippen LogP contribution in [0.25, 0.3) is 0 Å². The molecule has 0 fully saturated rings. The van der Waals surface area contributed by atoms with E-state index in [2.05, 4.69) is 10.4 Å². The molecule has 1 amide bonds. The number of nitrogens with two attached hydrogens (primary N) is 1. The zero-order valence-corrected chi connectivity index (χ0v) is 10.7. The fraction of sp³-hybridized carbons (Fsp3) is 0.636. The molecule has 1 heterocycles. The molecular formula is C11H21N5O. The minimum Gasteiger partial charge on any atom is -0.358 e. The van der Waals surface area contributed by atoms with E-state index in [1.807, 2.05) is 25.1 Å². The fourth-order valence-electron chi connectivity index (χ4n) is 1.81. The molecule has 0 aromatic carbocycles. The highest BCUT2D eigenvalue weighted by molar-refractivity contribution is 5.77. The van der Waals surface area contributed by atoms with E-state index in [4.69, 9.17) is 5.73 Å². The van der Waals surface area contributed by atoms with Crippen molar-refractivity contribution >= 4 is 5.91 Å². The van der Waals surface area contributed by atoms with Gasteiger partial charge < -0.3 is 11.1 Å². The van der Waals surface area contributed by atoms with Gasteiger partial charge in [0.05, 0.1) is 18.8 Å². The normalized spacial score (nSPS) is 12.8. The molecule has 0 spiro atoms. The number of aromatic nitrogens is 2. The number of amides is 1. The Morgan fingerprint density at radius 1 is 1.71 bits per heavy atom. The predicted molar refractivity (Wildman–Crippen MR) is 66.3 cm³/mol. The first-order valence-electron chi connectivity index (χ1n) is 5.75. The van der Waals surface area contributed by atoms with Crippen molar-refractivity contribution in [2.75, 3.05) is 26.7 Å². The molecule has 0 bridgehead atoms. The molecule has 1 aromatic rings. The highest BCUT2D eigenvalue weighted by Crippen LogP contribution is 2.18. The Labute approximate surface area is 102 Å². The summed E-state index contributed by atoms with van der Waals surface area (Å²) in [5.41, 5.74) is 6.84. The second-order valence-electron chi connectivity index (χ2n) is 3.94. The summed E-state index contributed by atoms with van der Waals surface area (Å²) in [6.07, 6.45) is 3.73. The Kier molecular flexibility index (Phi) is 5.11. The molecule has 96 valence electrons. The second kappa shape index (κ2) is 6.36. The monoisotopic (exact) mass is 239 g/mol. The average Bonchev–Trinajstić information content (AvgIpc) is 2.75. The largest absolute Gasteiger partial charge is 0.358 e. The number of carbonyl (C=O) groups is 1. The second-order valence-corrected chi connectivity index (χ2v) is 3.94. The van der Waals surface area contributed by atoms with Crippen molar-refractivity contribution in [2.45, 2.75) is 13.0 Å². The summed E-state index contributed by atoms with van der Waals surface area (Å²) in [6.45, 7) is 3.60. The van der Waals surface area contributed by atoms with Crippen LogP contribution in [-0.4, -0.2) is 47.3 Å². The van der Waals surface area contributed by atoms with Crippen molar-refractivity contribution in [1.29, 1.82) is 0 Å². The summed E-state index contributed by atoms with van der Waals surface area (Å²) in [6, 6.07) is 0.0333. The third-order valence-corrected chi connectivity index (χ3v) is 2.81. The van der Waals surface area contributed by atoms with E-state index >= 15 is 0 Å². The number of carbonyl (C=O) groups excluding carboxylic acids is 1. The summed E-state index contributed by atoms with van der Waals surface area (Å²) >= 11 is 0. The molecule has 0 saturated heterocycles. The molecule has 1 atom stereocenters. The number of nitrogens with zero attached hydrogens (tertiary/aromatic N) is 3. The molecule has 17 heavy (non-hydrogen) atoms. The zero-order chi connectivity index (χ0) is 12.8. The maximum Gasteiger partial charge on any atom is 0.233 e. The SMILES string of the molecule is CCN(CC(=O)NC)C(CN)c1cnn(C)c1. The van der Waals surface area contributed by atoms with E-state index in [-0.39, 0.29) is 11.9 Å². The van der Waals surface area contributed by atoms with Crippen LogP contribution in [0.2, 0.25) is 0 Å². The Balaban J connectivity index is 2.79. The van der Waals surface area contributed by atoms with E-state index in [0.29, 0.717) is 13.1 Å². The molecule has 1 rings (SSSR count). The highest BCUT2D eigenvalue weighted by Gasteiger charge is 2.20. The molecule has 3 N–H and O–H groups in total. The number of nitrogens with one attached hydrogen (secondary N) is 1. The third kappa shape index (κ3) is 3.54. The first kappa shape index (κ1) is 13.7.